The molecule has 5 heterocycles. The van der Waals surface area contributed by atoms with E-state index in [1.165, 1.54) is 7.11 Å². The summed E-state index contributed by atoms with van der Waals surface area (Å²) in [5.74, 6) is 0.987. The van der Waals surface area contributed by atoms with Crippen molar-refractivity contribution in [2.75, 3.05) is 26.9 Å². The van der Waals surface area contributed by atoms with Gasteiger partial charge in [-0.15, -0.1) is 0 Å². The van der Waals surface area contributed by atoms with Crippen molar-refractivity contribution >= 4 is 11.0 Å². The van der Waals surface area contributed by atoms with Gasteiger partial charge in [0.15, 0.2) is 11.5 Å². The first-order valence-electron chi connectivity index (χ1n) is 11.8. The van der Waals surface area contributed by atoms with E-state index < -0.39 is 24.5 Å². The van der Waals surface area contributed by atoms with Crippen LogP contribution in [-0.2, 0) is 17.7 Å². The van der Waals surface area contributed by atoms with Crippen LogP contribution in [0.15, 0.2) is 30.6 Å². The van der Waals surface area contributed by atoms with Gasteiger partial charge >= 0.3 is 0 Å². The molecular weight excluding hydrogens is 443 g/mol. The predicted octanol–water partition coefficient (Wildman–Crippen LogP) is 2.18. The Bertz CT molecular complexity index is 1190. The normalized spacial score (nSPS) is 22.1. The van der Waals surface area contributed by atoms with Crippen LogP contribution in [0.4, 0.5) is 4.39 Å². The number of aliphatic hydroxyl groups is 1. The highest BCUT2D eigenvalue weighted by atomic mass is 19.1. The van der Waals surface area contributed by atoms with E-state index in [1.54, 1.807) is 24.4 Å². The number of rotatable bonds is 7. The van der Waals surface area contributed by atoms with Crippen LogP contribution in [-0.4, -0.2) is 65.2 Å². The lowest BCUT2D eigenvalue weighted by atomic mass is 9.96. The van der Waals surface area contributed by atoms with Gasteiger partial charge in [-0.2, -0.15) is 0 Å². The minimum Gasteiger partial charge on any atom is -0.486 e. The summed E-state index contributed by atoms with van der Waals surface area (Å²) in [5, 5.41) is 14.0. The third kappa shape index (κ3) is 4.89. The van der Waals surface area contributed by atoms with Crippen LogP contribution < -0.4 is 19.5 Å². The maximum atomic E-state index is 14.6. The quantitative estimate of drug-likeness (QED) is 0.536. The minimum absolute atomic E-state index is 0.0377. The van der Waals surface area contributed by atoms with Crippen LogP contribution in [0.2, 0.25) is 0 Å². The first-order chi connectivity index (χ1) is 17.0. The van der Waals surface area contributed by atoms with Crippen molar-refractivity contribution < 1.29 is 29.8 Å². The zero-order valence-electron chi connectivity index (χ0n) is 19.7. The van der Waals surface area contributed by atoms with E-state index in [2.05, 4.69) is 20.3 Å². The molecule has 0 bridgehead atoms. The summed E-state index contributed by atoms with van der Waals surface area (Å²) in [5.41, 5.74) is 1.70. The number of ether oxygens (including phenoxy) is 4. The summed E-state index contributed by atoms with van der Waals surface area (Å²) >= 11 is 0. The number of fused-ring (bicyclic) bond motifs is 2. The average molecular weight is 472 g/mol. The Balaban J connectivity index is 1.19. The highest BCUT2D eigenvalue weighted by Crippen LogP contribution is 2.29. The zero-order chi connectivity index (χ0) is 24.4. The number of aromatic nitrogens is 3. The van der Waals surface area contributed by atoms with Gasteiger partial charge in [-0.25, -0.2) is 9.37 Å². The van der Waals surface area contributed by atoms with Gasteiger partial charge in [0.1, 0.15) is 19.0 Å². The SMILES string of the molecule is [2H]C(N[C@@H]1CC[C@@H]([C@@H](O)Cc2c(F)cnc3ccc(OC)nc23)OC1)c1cc2c(cn1)OCCO2. The molecule has 3 aromatic rings. The average Bonchev–Trinajstić information content (AvgIpc) is 2.90. The lowest BCUT2D eigenvalue weighted by Gasteiger charge is -2.32. The largest absolute Gasteiger partial charge is 0.486 e. The maximum absolute atomic E-state index is 14.6. The molecule has 2 N–H and O–H groups in total. The molecule has 2 aliphatic heterocycles. The van der Waals surface area contributed by atoms with Crippen LogP contribution in [0.1, 0.15) is 25.5 Å². The molecule has 2 aliphatic rings. The fourth-order valence-corrected chi connectivity index (χ4v) is 4.18. The van der Waals surface area contributed by atoms with Gasteiger partial charge in [0.25, 0.3) is 0 Å². The first-order valence-corrected chi connectivity index (χ1v) is 11.2. The Hall–Kier alpha value is -3.08. The van der Waals surface area contributed by atoms with Crippen molar-refractivity contribution in [3.05, 3.63) is 47.7 Å². The van der Waals surface area contributed by atoms with Gasteiger partial charge in [-0.05, 0) is 18.9 Å². The molecule has 0 aliphatic carbocycles. The summed E-state index contributed by atoms with van der Waals surface area (Å²) in [6.45, 7) is 0.500. The molecule has 5 rings (SSSR count). The number of nitrogens with one attached hydrogen (secondary N) is 1. The number of nitrogens with zero attached hydrogens (tertiary/aromatic N) is 3. The number of halogens is 1. The fourth-order valence-electron chi connectivity index (χ4n) is 4.18. The highest BCUT2D eigenvalue weighted by molar-refractivity contribution is 5.78. The van der Waals surface area contributed by atoms with E-state index in [9.17, 15) is 9.50 Å². The summed E-state index contributed by atoms with van der Waals surface area (Å²) in [4.78, 5) is 12.7. The Kier molecular flexibility index (Phi) is 6.34. The number of methoxy groups -OCH3 is 1. The topological polar surface area (TPSA) is 108 Å². The smallest absolute Gasteiger partial charge is 0.213 e. The molecule has 4 atom stereocenters. The number of hydrogen-bond acceptors (Lipinski definition) is 9. The van der Waals surface area contributed by atoms with Gasteiger partial charge in [0.2, 0.25) is 5.88 Å². The zero-order valence-corrected chi connectivity index (χ0v) is 18.7. The predicted molar refractivity (Wildman–Crippen MR) is 121 cm³/mol. The van der Waals surface area contributed by atoms with E-state index in [-0.39, 0.29) is 18.0 Å². The van der Waals surface area contributed by atoms with Crippen LogP contribution in [0.3, 0.4) is 0 Å². The lowest BCUT2D eigenvalue weighted by molar-refractivity contribution is -0.0719. The molecule has 9 nitrogen and oxygen atoms in total. The fraction of sp³-hybridized carbons (Fsp3) is 0.458. The third-order valence-corrected chi connectivity index (χ3v) is 6.02. The number of hydrogen-bond donors (Lipinski definition) is 2. The highest BCUT2D eigenvalue weighted by Gasteiger charge is 2.29. The molecule has 34 heavy (non-hydrogen) atoms. The third-order valence-electron chi connectivity index (χ3n) is 6.02. The van der Waals surface area contributed by atoms with Crippen molar-refractivity contribution in [1.29, 1.82) is 0 Å². The summed E-state index contributed by atoms with van der Waals surface area (Å²) in [6.07, 6.45) is 2.61. The summed E-state index contributed by atoms with van der Waals surface area (Å²) < 4.78 is 45.2. The second-order valence-corrected chi connectivity index (χ2v) is 8.29. The van der Waals surface area contributed by atoms with Gasteiger partial charge in [-0.3, -0.25) is 9.97 Å². The summed E-state index contributed by atoms with van der Waals surface area (Å²) in [7, 11) is 1.49. The molecular formula is C24H27FN4O5. The monoisotopic (exact) mass is 471 g/mol. The molecule has 180 valence electrons. The van der Waals surface area contributed by atoms with Crippen LogP contribution in [0.5, 0.6) is 17.4 Å². The van der Waals surface area contributed by atoms with E-state index in [1.807, 2.05) is 0 Å². The lowest BCUT2D eigenvalue weighted by Crippen LogP contribution is -2.44. The molecule has 0 amide bonds. The Morgan fingerprint density at radius 1 is 1.24 bits per heavy atom. The molecule has 0 aromatic carbocycles. The van der Waals surface area contributed by atoms with Crippen LogP contribution >= 0.6 is 0 Å². The molecule has 3 aromatic heterocycles. The molecule has 1 unspecified atom stereocenters. The second-order valence-electron chi connectivity index (χ2n) is 8.29. The van der Waals surface area contributed by atoms with Crippen molar-refractivity contribution in [2.24, 2.45) is 0 Å². The number of pyridine rings is 3. The van der Waals surface area contributed by atoms with E-state index in [0.29, 0.717) is 66.8 Å². The number of aliphatic hydroxyl groups excluding tert-OH is 1. The van der Waals surface area contributed by atoms with Gasteiger partial charge in [-0.1, -0.05) is 0 Å². The molecule has 10 heteroatoms. The molecule has 1 saturated heterocycles. The van der Waals surface area contributed by atoms with Crippen molar-refractivity contribution in [1.82, 2.24) is 20.3 Å². The molecule has 1 fully saturated rings. The van der Waals surface area contributed by atoms with Crippen molar-refractivity contribution in [3.63, 3.8) is 0 Å². The van der Waals surface area contributed by atoms with Gasteiger partial charge in [0, 0.05) is 38.1 Å². The first kappa shape index (κ1) is 21.5. The van der Waals surface area contributed by atoms with E-state index >= 15 is 0 Å². The van der Waals surface area contributed by atoms with E-state index in [4.69, 9.17) is 20.3 Å². The van der Waals surface area contributed by atoms with Gasteiger partial charge < -0.3 is 29.4 Å². The van der Waals surface area contributed by atoms with Crippen LogP contribution in [0.25, 0.3) is 11.0 Å². The standard InChI is InChI=1S/C24H27FN4O5/c1-31-23-5-3-18-24(29-23)16(17(25)11-28-18)9-19(30)20-4-2-14(13-34-20)26-10-15-8-21-22(12-27-15)33-7-6-32-21/h3,5,8,11-12,14,19-20,26,30H,2,4,6-7,9-10,13H2,1H3/t14-,19+,20+/m1/s1/i10D/t10?,14-,19+,20+. The van der Waals surface area contributed by atoms with Crippen LogP contribution in [0, 0.1) is 5.82 Å². The Morgan fingerprint density at radius 2 is 2.09 bits per heavy atom. The summed E-state index contributed by atoms with van der Waals surface area (Å²) in [6, 6.07) is 4.99. The van der Waals surface area contributed by atoms with E-state index in [0.717, 1.165) is 6.20 Å². The van der Waals surface area contributed by atoms with Gasteiger partial charge in [0.05, 0.1) is 55.0 Å². The Morgan fingerprint density at radius 3 is 2.88 bits per heavy atom. The Labute approximate surface area is 197 Å². The molecule has 0 spiro atoms. The van der Waals surface area contributed by atoms with Crippen molar-refractivity contribution in [2.45, 2.75) is 44.0 Å². The maximum Gasteiger partial charge on any atom is 0.213 e. The molecule has 0 saturated carbocycles. The second kappa shape index (κ2) is 10.0. The van der Waals surface area contributed by atoms with Crippen molar-refractivity contribution in [3.8, 4) is 17.4 Å². The minimum atomic E-state index is -0.921. The molecule has 0 radical (unpaired) electrons.